The van der Waals surface area contributed by atoms with Crippen LogP contribution in [0.1, 0.15) is 27.0 Å². The van der Waals surface area contributed by atoms with Crippen molar-refractivity contribution >= 4 is 17.6 Å². The van der Waals surface area contributed by atoms with Crippen LogP contribution in [0.25, 0.3) is 0 Å². The molecule has 1 aromatic rings. The van der Waals surface area contributed by atoms with Gasteiger partial charge in [-0.15, -0.1) is 0 Å². The van der Waals surface area contributed by atoms with E-state index in [9.17, 15) is 9.90 Å². The number of hydrogen-bond acceptors (Lipinski definition) is 4. The second kappa shape index (κ2) is 5.38. The Labute approximate surface area is 105 Å². The Morgan fingerprint density at radius 2 is 1.82 bits per heavy atom. The number of rotatable bonds is 3. The smallest absolute Gasteiger partial charge is 0.340 e. The van der Waals surface area contributed by atoms with Gasteiger partial charge in [0.05, 0.1) is 10.6 Å². The van der Waals surface area contributed by atoms with Gasteiger partial charge in [-0.1, -0.05) is 11.6 Å². The van der Waals surface area contributed by atoms with Crippen LogP contribution in [-0.2, 0) is 9.47 Å². The summed E-state index contributed by atoms with van der Waals surface area (Å²) in [5.74, 6) is -0.503. The first-order valence-electron chi connectivity index (χ1n) is 5.06. The summed E-state index contributed by atoms with van der Waals surface area (Å²) in [7, 11) is 1.43. The van der Waals surface area contributed by atoms with Gasteiger partial charge in [0.15, 0.2) is 6.79 Å². The molecule has 0 bridgehead atoms. The highest BCUT2D eigenvalue weighted by molar-refractivity contribution is 6.33. The van der Waals surface area contributed by atoms with E-state index in [1.807, 2.05) is 0 Å². The highest BCUT2D eigenvalue weighted by atomic mass is 35.5. The van der Waals surface area contributed by atoms with Crippen molar-refractivity contribution in [3.05, 3.63) is 27.3 Å². The summed E-state index contributed by atoms with van der Waals surface area (Å²) in [5.41, 5.74) is 2.12. The van der Waals surface area contributed by atoms with Crippen molar-refractivity contribution in [2.24, 2.45) is 0 Å². The van der Waals surface area contributed by atoms with Crippen LogP contribution in [0, 0.1) is 20.8 Å². The van der Waals surface area contributed by atoms with E-state index in [0.717, 1.165) is 0 Å². The second-order valence-corrected chi connectivity index (χ2v) is 4.13. The maximum atomic E-state index is 11.8. The van der Waals surface area contributed by atoms with E-state index < -0.39 is 5.97 Å². The number of carbonyl (C=O) groups is 1. The lowest BCUT2D eigenvalue weighted by Crippen LogP contribution is -2.12. The van der Waals surface area contributed by atoms with Gasteiger partial charge >= 0.3 is 5.97 Å². The first kappa shape index (κ1) is 13.8. The topological polar surface area (TPSA) is 55.8 Å². The fourth-order valence-corrected chi connectivity index (χ4v) is 1.83. The fourth-order valence-electron chi connectivity index (χ4n) is 1.59. The number of methoxy groups -OCH3 is 1. The van der Waals surface area contributed by atoms with Crippen LogP contribution < -0.4 is 0 Å². The molecule has 0 aliphatic rings. The molecule has 1 aromatic carbocycles. The van der Waals surface area contributed by atoms with Crippen molar-refractivity contribution in [3.63, 3.8) is 0 Å². The lowest BCUT2D eigenvalue weighted by molar-refractivity contribution is -0.0126. The van der Waals surface area contributed by atoms with Gasteiger partial charge in [-0.05, 0) is 37.5 Å². The molecular weight excluding hydrogens is 244 g/mol. The Morgan fingerprint density at radius 3 is 2.35 bits per heavy atom. The van der Waals surface area contributed by atoms with Crippen LogP contribution in [0.15, 0.2) is 0 Å². The molecule has 0 saturated carbocycles. The summed E-state index contributed by atoms with van der Waals surface area (Å²) in [5, 5.41) is 9.92. The van der Waals surface area contributed by atoms with Crippen molar-refractivity contribution in [2.75, 3.05) is 13.9 Å². The number of hydrogen-bond donors (Lipinski definition) is 1. The highest BCUT2D eigenvalue weighted by Crippen LogP contribution is 2.36. The Bertz CT molecular complexity index is 425. The molecule has 17 heavy (non-hydrogen) atoms. The number of phenols is 1. The standard InChI is InChI=1S/C12H15ClO4/c1-6-7(2)11(14)10(13)8(3)9(6)12(15)17-5-16-4/h14H,5H2,1-4H3. The molecule has 4 nitrogen and oxygen atoms in total. The van der Waals surface area contributed by atoms with Crippen LogP contribution in [0.3, 0.4) is 0 Å². The summed E-state index contributed by atoms with van der Waals surface area (Å²) in [6.45, 7) is 4.98. The first-order chi connectivity index (χ1) is 7.91. The molecule has 94 valence electrons. The van der Waals surface area contributed by atoms with Gasteiger partial charge < -0.3 is 14.6 Å². The predicted molar refractivity (Wildman–Crippen MR) is 64.6 cm³/mol. The summed E-state index contributed by atoms with van der Waals surface area (Å²) >= 11 is 5.95. The number of aromatic hydroxyl groups is 1. The summed E-state index contributed by atoms with van der Waals surface area (Å²) < 4.78 is 9.56. The Morgan fingerprint density at radius 1 is 1.24 bits per heavy atom. The van der Waals surface area contributed by atoms with E-state index in [0.29, 0.717) is 22.3 Å². The summed E-state index contributed by atoms with van der Waals surface area (Å²) in [4.78, 5) is 11.8. The molecule has 0 aliphatic heterocycles. The van der Waals surface area contributed by atoms with Crippen molar-refractivity contribution in [3.8, 4) is 5.75 Å². The number of carbonyl (C=O) groups excluding carboxylic acids is 1. The molecule has 1 N–H and O–H groups in total. The molecule has 0 atom stereocenters. The zero-order chi connectivity index (χ0) is 13.2. The van der Waals surface area contributed by atoms with Crippen LogP contribution in [0.4, 0.5) is 0 Å². The Kier molecular flexibility index (Phi) is 4.37. The number of halogens is 1. The molecule has 0 amide bonds. The summed E-state index contributed by atoms with van der Waals surface area (Å²) in [6.07, 6.45) is 0. The van der Waals surface area contributed by atoms with E-state index in [1.54, 1.807) is 20.8 Å². The molecule has 0 aromatic heterocycles. The van der Waals surface area contributed by atoms with Crippen LogP contribution in [0.2, 0.25) is 5.02 Å². The van der Waals surface area contributed by atoms with Crippen LogP contribution in [-0.4, -0.2) is 25.0 Å². The average molecular weight is 259 g/mol. The molecule has 0 spiro atoms. The number of phenolic OH excluding ortho intramolecular Hbond substituents is 1. The van der Waals surface area contributed by atoms with E-state index in [4.69, 9.17) is 16.3 Å². The Balaban J connectivity index is 3.29. The normalized spacial score (nSPS) is 10.4. The summed E-state index contributed by atoms with van der Waals surface area (Å²) in [6, 6.07) is 0. The van der Waals surface area contributed by atoms with Crippen LogP contribution >= 0.6 is 11.6 Å². The molecule has 0 saturated heterocycles. The minimum atomic E-state index is -0.508. The Hall–Kier alpha value is -1.26. The molecule has 1 rings (SSSR count). The lowest BCUT2D eigenvalue weighted by Gasteiger charge is -2.15. The maximum Gasteiger partial charge on any atom is 0.340 e. The molecule has 0 unspecified atom stereocenters. The molecule has 0 aliphatic carbocycles. The van der Waals surface area contributed by atoms with Crippen molar-refractivity contribution < 1.29 is 19.4 Å². The average Bonchev–Trinajstić information content (AvgIpc) is 2.31. The van der Waals surface area contributed by atoms with E-state index in [-0.39, 0.29) is 17.6 Å². The molecule has 5 heteroatoms. The molecular formula is C12H15ClO4. The molecule has 0 radical (unpaired) electrons. The molecule has 0 fully saturated rings. The third kappa shape index (κ3) is 2.53. The van der Waals surface area contributed by atoms with E-state index in [1.165, 1.54) is 7.11 Å². The van der Waals surface area contributed by atoms with Gasteiger partial charge in [0, 0.05) is 7.11 Å². The third-order valence-corrected chi connectivity index (χ3v) is 3.18. The first-order valence-corrected chi connectivity index (χ1v) is 5.43. The van der Waals surface area contributed by atoms with Gasteiger partial charge in [-0.25, -0.2) is 4.79 Å². The largest absolute Gasteiger partial charge is 0.506 e. The van der Waals surface area contributed by atoms with Gasteiger partial charge in [-0.3, -0.25) is 0 Å². The van der Waals surface area contributed by atoms with E-state index >= 15 is 0 Å². The lowest BCUT2D eigenvalue weighted by atomic mass is 9.97. The van der Waals surface area contributed by atoms with Gasteiger partial charge in [0.25, 0.3) is 0 Å². The van der Waals surface area contributed by atoms with E-state index in [2.05, 4.69) is 4.74 Å². The third-order valence-electron chi connectivity index (χ3n) is 2.72. The number of benzene rings is 1. The zero-order valence-electron chi connectivity index (χ0n) is 10.3. The predicted octanol–water partition coefficient (Wildman–Crippen LogP) is 2.73. The maximum absolute atomic E-state index is 11.8. The highest BCUT2D eigenvalue weighted by Gasteiger charge is 2.21. The second-order valence-electron chi connectivity index (χ2n) is 3.75. The minimum absolute atomic E-state index is 0.00459. The fraction of sp³-hybridized carbons (Fsp3) is 0.417. The minimum Gasteiger partial charge on any atom is -0.506 e. The van der Waals surface area contributed by atoms with Crippen LogP contribution in [0.5, 0.6) is 5.75 Å². The monoisotopic (exact) mass is 258 g/mol. The number of ether oxygens (including phenoxy) is 2. The quantitative estimate of drug-likeness (QED) is 0.669. The SMILES string of the molecule is COCOC(=O)c1c(C)c(C)c(O)c(Cl)c1C. The van der Waals surface area contributed by atoms with Crippen molar-refractivity contribution in [1.82, 2.24) is 0 Å². The van der Waals surface area contributed by atoms with Gasteiger partial charge in [0.1, 0.15) is 5.75 Å². The van der Waals surface area contributed by atoms with Gasteiger partial charge in [0.2, 0.25) is 0 Å². The van der Waals surface area contributed by atoms with Crippen molar-refractivity contribution in [1.29, 1.82) is 0 Å². The number of esters is 1. The van der Waals surface area contributed by atoms with Crippen molar-refractivity contribution in [2.45, 2.75) is 20.8 Å². The molecule has 0 heterocycles. The zero-order valence-corrected chi connectivity index (χ0v) is 11.0. The van der Waals surface area contributed by atoms with Gasteiger partial charge in [-0.2, -0.15) is 0 Å².